The fourth-order valence-electron chi connectivity index (χ4n) is 2.13. The van der Waals surface area contributed by atoms with Crippen LogP contribution in [0.1, 0.15) is 31.0 Å². The van der Waals surface area contributed by atoms with E-state index in [0.717, 1.165) is 28.5 Å². The Bertz CT molecular complexity index is 572. The number of methoxy groups -OCH3 is 1. The van der Waals surface area contributed by atoms with E-state index in [4.69, 9.17) is 10.5 Å². The summed E-state index contributed by atoms with van der Waals surface area (Å²) in [6.45, 7) is 4.88. The number of aryl methyl sites for hydroxylation is 1. The molecule has 0 saturated heterocycles. The van der Waals surface area contributed by atoms with Crippen molar-refractivity contribution in [1.82, 2.24) is 9.78 Å². The molecule has 0 aliphatic heterocycles. The largest absolute Gasteiger partial charge is 0.497 e. The number of hydrogen-bond acceptors (Lipinski definition) is 4. The van der Waals surface area contributed by atoms with E-state index >= 15 is 0 Å². The van der Waals surface area contributed by atoms with Crippen LogP contribution in [-0.4, -0.2) is 16.9 Å². The first kappa shape index (κ1) is 14.2. The van der Waals surface area contributed by atoms with Gasteiger partial charge in [0.2, 0.25) is 0 Å². The van der Waals surface area contributed by atoms with Crippen molar-refractivity contribution in [2.75, 3.05) is 18.2 Å². The Morgan fingerprint density at radius 2 is 1.95 bits per heavy atom. The van der Waals surface area contributed by atoms with Crippen LogP contribution in [0.4, 0.5) is 11.5 Å². The maximum atomic E-state index is 6.15. The van der Waals surface area contributed by atoms with Crippen LogP contribution < -0.4 is 15.8 Å². The number of anilines is 2. The molecule has 1 heterocycles. The van der Waals surface area contributed by atoms with Crippen LogP contribution in [0.3, 0.4) is 0 Å². The Morgan fingerprint density at radius 3 is 2.45 bits per heavy atom. The monoisotopic (exact) mass is 274 g/mol. The second-order valence-corrected chi connectivity index (χ2v) is 5.13. The summed E-state index contributed by atoms with van der Waals surface area (Å²) in [6.07, 6.45) is 0. The van der Waals surface area contributed by atoms with Crippen molar-refractivity contribution in [2.24, 2.45) is 7.05 Å². The lowest BCUT2D eigenvalue weighted by Crippen LogP contribution is -2.06. The quantitative estimate of drug-likeness (QED) is 0.880. The second-order valence-electron chi connectivity index (χ2n) is 5.13. The number of nitrogens with zero attached hydrogens (tertiary/aromatic N) is 2. The van der Waals surface area contributed by atoms with Crippen molar-refractivity contribution in [1.29, 1.82) is 0 Å². The van der Waals surface area contributed by atoms with Crippen molar-refractivity contribution in [3.05, 3.63) is 35.5 Å². The van der Waals surface area contributed by atoms with Crippen molar-refractivity contribution >= 4 is 11.5 Å². The van der Waals surface area contributed by atoms with Crippen LogP contribution in [0.2, 0.25) is 0 Å². The van der Waals surface area contributed by atoms with Crippen LogP contribution in [-0.2, 0) is 13.6 Å². The smallest absolute Gasteiger partial charge is 0.148 e. The van der Waals surface area contributed by atoms with Crippen molar-refractivity contribution < 1.29 is 4.74 Å². The van der Waals surface area contributed by atoms with Gasteiger partial charge in [-0.05, 0) is 23.6 Å². The molecular formula is C15H22N4O. The van der Waals surface area contributed by atoms with Gasteiger partial charge in [-0.25, -0.2) is 0 Å². The Kier molecular flexibility index (Phi) is 4.17. The van der Waals surface area contributed by atoms with Gasteiger partial charge in [-0.15, -0.1) is 0 Å². The summed E-state index contributed by atoms with van der Waals surface area (Å²) in [6, 6.07) is 7.95. The van der Waals surface area contributed by atoms with Gasteiger partial charge >= 0.3 is 0 Å². The molecule has 5 heteroatoms. The van der Waals surface area contributed by atoms with Gasteiger partial charge in [-0.1, -0.05) is 26.0 Å². The number of hydrogen-bond donors (Lipinski definition) is 2. The standard InChI is InChI=1S/C15H22N4O/c1-10(2)14-13(16)15(19(3)18-14)17-9-11-5-7-12(20-4)8-6-11/h5-8,10,17H,9,16H2,1-4H3. The first-order chi connectivity index (χ1) is 9.52. The number of nitrogens with one attached hydrogen (secondary N) is 1. The van der Waals surface area contributed by atoms with E-state index in [9.17, 15) is 0 Å². The average molecular weight is 274 g/mol. The lowest BCUT2D eigenvalue weighted by atomic mass is 10.1. The number of nitrogens with two attached hydrogens (primary N) is 1. The third kappa shape index (κ3) is 2.87. The Morgan fingerprint density at radius 1 is 1.30 bits per heavy atom. The number of nitrogen functional groups attached to an aromatic ring is 1. The molecule has 0 aliphatic rings. The summed E-state index contributed by atoms with van der Waals surface area (Å²) < 4.78 is 6.95. The van der Waals surface area contributed by atoms with E-state index in [1.807, 2.05) is 31.3 Å². The van der Waals surface area contributed by atoms with Gasteiger partial charge in [0, 0.05) is 13.6 Å². The van der Waals surface area contributed by atoms with Crippen LogP contribution in [0.5, 0.6) is 5.75 Å². The Labute approximate surface area is 119 Å². The average Bonchev–Trinajstić information content (AvgIpc) is 2.72. The second kappa shape index (κ2) is 5.86. The van der Waals surface area contributed by atoms with Crippen LogP contribution in [0.15, 0.2) is 24.3 Å². The van der Waals surface area contributed by atoms with E-state index in [2.05, 4.69) is 24.3 Å². The lowest BCUT2D eigenvalue weighted by molar-refractivity contribution is 0.414. The topological polar surface area (TPSA) is 65.1 Å². The zero-order valence-corrected chi connectivity index (χ0v) is 12.5. The molecule has 1 aromatic carbocycles. The summed E-state index contributed by atoms with van der Waals surface area (Å²) >= 11 is 0. The summed E-state index contributed by atoms with van der Waals surface area (Å²) in [5.74, 6) is 2.04. The lowest BCUT2D eigenvalue weighted by Gasteiger charge is -2.08. The van der Waals surface area contributed by atoms with E-state index in [1.54, 1.807) is 11.8 Å². The van der Waals surface area contributed by atoms with Crippen molar-refractivity contribution in [2.45, 2.75) is 26.3 Å². The molecule has 0 fully saturated rings. The van der Waals surface area contributed by atoms with Crippen molar-refractivity contribution in [3.63, 3.8) is 0 Å². The number of rotatable bonds is 5. The molecule has 0 spiro atoms. The van der Waals surface area contributed by atoms with Gasteiger partial charge < -0.3 is 15.8 Å². The molecule has 0 bridgehead atoms. The van der Waals surface area contributed by atoms with Gasteiger partial charge in [0.05, 0.1) is 18.5 Å². The van der Waals surface area contributed by atoms with Crippen LogP contribution in [0.25, 0.3) is 0 Å². The molecule has 5 nitrogen and oxygen atoms in total. The molecule has 2 rings (SSSR count). The highest BCUT2D eigenvalue weighted by atomic mass is 16.5. The van der Waals surface area contributed by atoms with Gasteiger partial charge in [-0.3, -0.25) is 4.68 Å². The van der Waals surface area contributed by atoms with Gasteiger partial charge in [-0.2, -0.15) is 5.10 Å². The summed E-state index contributed by atoms with van der Waals surface area (Å²) in [7, 11) is 3.57. The third-order valence-electron chi connectivity index (χ3n) is 3.28. The maximum Gasteiger partial charge on any atom is 0.148 e. The minimum Gasteiger partial charge on any atom is -0.497 e. The normalized spacial score (nSPS) is 10.8. The number of benzene rings is 1. The highest BCUT2D eigenvalue weighted by Gasteiger charge is 2.15. The Hall–Kier alpha value is -2.17. The summed E-state index contributed by atoms with van der Waals surface area (Å²) in [4.78, 5) is 0. The predicted octanol–water partition coefficient (Wildman–Crippen LogP) is 2.75. The zero-order valence-electron chi connectivity index (χ0n) is 12.5. The van der Waals surface area contributed by atoms with E-state index < -0.39 is 0 Å². The molecule has 0 atom stereocenters. The number of ether oxygens (including phenoxy) is 1. The predicted molar refractivity (Wildman–Crippen MR) is 82.0 cm³/mol. The van der Waals surface area contributed by atoms with Crippen molar-refractivity contribution in [3.8, 4) is 5.75 Å². The SMILES string of the molecule is COc1ccc(CNc2c(N)c(C(C)C)nn2C)cc1. The first-order valence-corrected chi connectivity index (χ1v) is 6.72. The zero-order chi connectivity index (χ0) is 14.7. The minimum absolute atomic E-state index is 0.317. The van der Waals surface area contributed by atoms with Gasteiger partial charge in [0.25, 0.3) is 0 Å². The van der Waals surface area contributed by atoms with E-state index in [-0.39, 0.29) is 0 Å². The number of aromatic nitrogens is 2. The summed E-state index contributed by atoms with van der Waals surface area (Å²) in [5.41, 5.74) is 8.98. The fourth-order valence-corrected chi connectivity index (χ4v) is 2.13. The highest BCUT2D eigenvalue weighted by Crippen LogP contribution is 2.28. The van der Waals surface area contributed by atoms with Crippen LogP contribution >= 0.6 is 0 Å². The molecule has 20 heavy (non-hydrogen) atoms. The van der Waals surface area contributed by atoms with Gasteiger partial charge in [0.1, 0.15) is 11.6 Å². The molecule has 0 amide bonds. The maximum absolute atomic E-state index is 6.15. The van der Waals surface area contributed by atoms with Gasteiger partial charge in [0.15, 0.2) is 0 Å². The highest BCUT2D eigenvalue weighted by molar-refractivity contribution is 5.65. The Balaban J connectivity index is 2.10. The molecule has 0 aliphatic carbocycles. The minimum atomic E-state index is 0.317. The van der Waals surface area contributed by atoms with Crippen LogP contribution in [0, 0.1) is 0 Å². The molecule has 0 radical (unpaired) electrons. The molecule has 0 unspecified atom stereocenters. The summed E-state index contributed by atoms with van der Waals surface area (Å²) in [5, 5.41) is 7.80. The molecule has 0 saturated carbocycles. The molecular weight excluding hydrogens is 252 g/mol. The molecule has 3 N–H and O–H groups in total. The van der Waals surface area contributed by atoms with E-state index in [0.29, 0.717) is 12.5 Å². The first-order valence-electron chi connectivity index (χ1n) is 6.72. The fraction of sp³-hybridized carbons (Fsp3) is 0.400. The molecule has 1 aromatic heterocycles. The molecule has 2 aromatic rings. The van der Waals surface area contributed by atoms with E-state index in [1.165, 1.54) is 0 Å². The third-order valence-corrected chi connectivity index (χ3v) is 3.28. The molecule has 108 valence electrons.